The highest BCUT2D eigenvalue weighted by Gasteiger charge is 2.26. The third-order valence-electron chi connectivity index (χ3n) is 3.70. The van der Waals surface area contributed by atoms with Crippen LogP contribution in [-0.2, 0) is 0 Å². The Morgan fingerprint density at radius 1 is 1.39 bits per heavy atom. The highest BCUT2D eigenvalue weighted by Crippen LogP contribution is 2.34. The summed E-state index contributed by atoms with van der Waals surface area (Å²) in [6.07, 6.45) is 6.55. The van der Waals surface area contributed by atoms with E-state index in [1.165, 1.54) is 29.3 Å². The largest absolute Gasteiger partial charge is 0.396 e. The summed E-state index contributed by atoms with van der Waals surface area (Å²) in [6, 6.07) is 4.86. The number of rotatable bonds is 5. The van der Waals surface area contributed by atoms with Crippen LogP contribution in [0.5, 0.6) is 0 Å². The Bertz CT molecular complexity index is 521. The molecule has 0 aromatic carbocycles. The van der Waals surface area contributed by atoms with E-state index in [4.69, 9.17) is 5.11 Å². The van der Waals surface area contributed by atoms with Gasteiger partial charge in [-0.2, -0.15) is 0 Å². The molecular weight excluding hydrogens is 244 g/mol. The van der Waals surface area contributed by atoms with Gasteiger partial charge in [-0.1, -0.05) is 0 Å². The second-order valence-corrected chi connectivity index (χ2v) is 5.77. The molecule has 1 N–H and O–H groups in total. The lowest BCUT2D eigenvalue weighted by atomic mass is 9.91. The highest BCUT2D eigenvalue weighted by atomic mass is 32.1. The summed E-state index contributed by atoms with van der Waals surface area (Å²) >= 11 is 1.76. The van der Waals surface area contributed by atoms with Crippen molar-refractivity contribution in [2.45, 2.75) is 31.7 Å². The summed E-state index contributed by atoms with van der Waals surface area (Å²) in [5, 5.41) is 12.4. The summed E-state index contributed by atoms with van der Waals surface area (Å²) in [7, 11) is 0. The molecule has 96 valence electrons. The Morgan fingerprint density at radius 3 is 3.00 bits per heavy atom. The summed E-state index contributed by atoms with van der Waals surface area (Å²) < 4.78 is 1.30. The van der Waals surface area contributed by atoms with E-state index in [2.05, 4.69) is 27.4 Å². The second-order valence-electron chi connectivity index (χ2n) is 4.82. The molecule has 2 heterocycles. The van der Waals surface area contributed by atoms with Gasteiger partial charge in [0.25, 0.3) is 0 Å². The summed E-state index contributed by atoms with van der Waals surface area (Å²) in [4.78, 5) is 6.98. The number of aliphatic hydroxyl groups excluding tert-OH is 1. The zero-order valence-corrected chi connectivity index (χ0v) is 11.2. The normalized spacial score (nSPS) is 15.8. The van der Waals surface area contributed by atoms with Crippen molar-refractivity contribution in [3.63, 3.8) is 0 Å². The number of hydrogen-bond donors (Lipinski definition) is 1. The highest BCUT2D eigenvalue weighted by molar-refractivity contribution is 7.17. The first-order valence-corrected chi connectivity index (χ1v) is 7.48. The standard InChI is InChI=1S/C14H18N2OS/c17-9-2-8-16(11-3-1-4-11)14-12-6-10-18-13(12)5-7-15-14/h5-7,10-11,17H,1-4,8-9H2. The van der Waals surface area contributed by atoms with Gasteiger partial charge < -0.3 is 10.0 Å². The number of aliphatic hydroxyl groups is 1. The monoisotopic (exact) mass is 262 g/mol. The molecule has 0 aliphatic heterocycles. The van der Waals surface area contributed by atoms with Crippen molar-refractivity contribution < 1.29 is 5.11 Å². The third kappa shape index (κ3) is 2.10. The van der Waals surface area contributed by atoms with Crippen molar-refractivity contribution >= 4 is 27.2 Å². The van der Waals surface area contributed by atoms with E-state index < -0.39 is 0 Å². The van der Waals surface area contributed by atoms with Gasteiger partial charge in [0.15, 0.2) is 0 Å². The van der Waals surface area contributed by atoms with Crippen molar-refractivity contribution in [2.75, 3.05) is 18.1 Å². The molecule has 0 bridgehead atoms. The van der Waals surface area contributed by atoms with Crippen LogP contribution in [0.4, 0.5) is 5.82 Å². The Labute approximate surface area is 111 Å². The first-order chi connectivity index (χ1) is 8.90. The van der Waals surface area contributed by atoms with Crippen LogP contribution in [0.1, 0.15) is 25.7 Å². The summed E-state index contributed by atoms with van der Waals surface area (Å²) in [5.41, 5.74) is 0. The number of nitrogens with zero attached hydrogens (tertiary/aromatic N) is 2. The van der Waals surface area contributed by atoms with Gasteiger partial charge in [0.1, 0.15) is 5.82 Å². The first-order valence-electron chi connectivity index (χ1n) is 6.60. The lowest BCUT2D eigenvalue weighted by Gasteiger charge is -2.38. The van der Waals surface area contributed by atoms with E-state index in [9.17, 15) is 0 Å². The second kappa shape index (κ2) is 5.24. The molecule has 1 aliphatic carbocycles. The summed E-state index contributed by atoms with van der Waals surface area (Å²) in [6.45, 7) is 1.16. The van der Waals surface area contributed by atoms with Crippen LogP contribution >= 0.6 is 11.3 Å². The minimum absolute atomic E-state index is 0.253. The maximum absolute atomic E-state index is 9.06. The molecule has 0 radical (unpaired) electrons. The van der Waals surface area contributed by atoms with Crippen molar-refractivity contribution in [1.82, 2.24) is 4.98 Å². The van der Waals surface area contributed by atoms with Gasteiger partial charge in [-0.05, 0) is 43.2 Å². The third-order valence-corrected chi connectivity index (χ3v) is 4.59. The fourth-order valence-corrected chi connectivity index (χ4v) is 3.29. The fourth-order valence-electron chi connectivity index (χ4n) is 2.51. The van der Waals surface area contributed by atoms with Crippen molar-refractivity contribution in [2.24, 2.45) is 0 Å². The molecule has 0 atom stereocenters. The quantitative estimate of drug-likeness (QED) is 0.899. The number of aromatic nitrogens is 1. The van der Waals surface area contributed by atoms with Gasteiger partial charge >= 0.3 is 0 Å². The fraction of sp³-hybridized carbons (Fsp3) is 0.500. The number of thiophene rings is 1. The number of hydrogen-bond acceptors (Lipinski definition) is 4. The van der Waals surface area contributed by atoms with Gasteiger partial charge in [0.05, 0.1) is 0 Å². The molecular formula is C14H18N2OS. The predicted molar refractivity (Wildman–Crippen MR) is 76.3 cm³/mol. The Balaban J connectivity index is 1.94. The molecule has 0 saturated heterocycles. The molecule has 4 heteroatoms. The number of fused-ring (bicyclic) bond motifs is 1. The topological polar surface area (TPSA) is 36.4 Å². The molecule has 2 aromatic heterocycles. The maximum atomic E-state index is 9.06. The van der Waals surface area contributed by atoms with Crippen LogP contribution in [0, 0.1) is 0 Å². The van der Waals surface area contributed by atoms with E-state index >= 15 is 0 Å². The van der Waals surface area contributed by atoms with Gasteiger partial charge in [-0.3, -0.25) is 0 Å². The average molecular weight is 262 g/mol. The first kappa shape index (κ1) is 11.9. The minimum atomic E-state index is 0.253. The predicted octanol–water partition coefficient (Wildman–Crippen LogP) is 3.04. The van der Waals surface area contributed by atoms with Crippen LogP contribution < -0.4 is 4.90 Å². The van der Waals surface area contributed by atoms with Gasteiger partial charge in [0, 0.05) is 35.5 Å². The van der Waals surface area contributed by atoms with Gasteiger partial charge in [-0.25, -0.2) is 4.98 Å². The smallest absolute Gasteiger partial charge is 0.137 e. The van der Waals surface area contributed by atoms with Crippen molar-refractivity contribution in [1.29, 1.82) is 0 Å². The van der Waals surface area contributed by atoms with Crippen LogP contribution in [-0.4, -0.2) is 29.3 Å². The molecule has 0 spiro atoms. The maximum Gasteiger partial charge on any atom is 0.137 e. The lowest BCUT2D eigenvalue weighted by molar-refractivity contribution is 0.282. The Kier molecular flexibility index (Phi) is 3.48. The molecule has 2 aromatic rings. The van der Waals surface area contributed by atoms with Crippen LogP contribution in [0.3, 0.4) is 0 Å². The van der Waals surface area contributed by atoms with Crippen LogP contribution in [0.2, 0.25) is 0 Å². The molecule has 0 unspecified atom stereocenters. The Hall–Kier alpha value is -1.13. The van der Waals surface area contributed by atoms with E-state index in [1.54, 1.807) is 11.3 Å². The van der Waals surface area contributed by atoms with Crippen LogP contribution in [0.15, 0.2) is 23.7 Å². The molecule has 3 rings (SSSR count). The molecule has 1 saturated carbocycles. The van der Waals surface area contributed by atoms with E-state index in [1.807, 2.05) is 6.20 Å². The summed E-state index contributed by atoms with van der Waals surface area (Å²) in [5.74, 6) is 1.10. The van der Waals surface area contributed by atoms with E-state index in [-0.39, 0.29) is 6.61 Å². The number of anilines is 1. The zero-order chi connectivity index (χ0) is 12.4. The lowest BCUT2D eigenvalue weighted by Crippen LogP contribution is -2.41. The zero-order valence-electron chi connectivity index (χ0n) is 10.4. The molecule has 1 fully saturated rings. The molecule has 18 heavy (non-hydrogen) atoms. The SMILES string of the molecule is OCCCN(c1nccc2sccc12)C1CCC1. The molecule has 0 amide bonds. The minimum Gasteiger partial charge on any atom is -0.396 e. The molecule has 1 aliphatic rings. The number of pyridine rings is 1. The van der Waals surface area contributed by atoms with Crippen molar-refractivity contribution in [3.8, 4) is 0 Å². The van der Waals surface area contributed by atoms with Crippen molar-refractivity contribution in [3.05, 3.63) is 23.7 Å². The average Bonchev–Trinajstić information content (AvgIpc) is 2.80. The van der Waals surface area contributed by atoms with Gasteiger partial charge in [0.2, 0.25) is 0 Å². The van der Waals surface area contributed by atoms with E-state index in [0.717, 1.165) is 18.8 Å². The van der Waals surface area contributed by atoms with Gasteiger partial charge in [-0.15, -0.1) is 11.3 Å². The molecule has 3 nitrogen and oxygen atoms in total. The van der Waals surface area contributed by atoms with Crippen LogP contribution in [0.25, 0.3) is 10.1 Å². The Morgan fingerprint density at radius 2 is 2.28 bits per heavy atom. The van der Waals surface area contributed by atoms with E-state index in [0.29, 0.717) is 6.04 Å².